The highest BCUT2D eigenvalue weighted by molar-refractivity contribution is 5.85. The average molecular weight is 587 g/mol. The molecule has 0 saturated carbocycles. The van der Waals surface area contributed by atoms with Gasteiger partial charge in [-0.3, -0.25) is 9.36 Å². The number of allylic oxidation sites excluding steroid dienone is 2. The summed E-state index contributed by atoms with van der Waals surface area (Å²) >= 11 is 0. The van der Waals surface area contributed by atoms with Crippen LogP contribution in [0.2, 0.25) is 0 Å². The number of aromatic nitrogens is 4. The van der Waals surface area contributed by atoms with Gasteiger partial charge >= 0.3 is 0 Å². The zero-order valence-electron chi connectivity index (χ0n) is 24.7. The number of ether oxygens (including phenoxy) is 1. The number of hydrogen-bond donors (Lipinski definition) is 1. The fourth-order valence-electron chi connectivity index (χ4n) is 5.94. The third-order valence-corrected chi connectivity index (χ3v) is 8.36. The van der Waals surface area contributed by atoms with Gasteiger partial charge in [-0.1, -0.05) is 55.1 Å². The number of fused-ring (bicyclic) bond motifs is 1. The van der Waals surface area contributed by atoms with Crippen molar-refractivity contribution in [3.05, 3.63) is 124 Å². The molecular weight excluding hydrogens is 552 g/mol. The molecule has 1 aliphatic heterocycles. The molecule has 1 saturated heterocycles. The minimum absolute atomic E-state index is 0.0513. The summed E-state index contributed by atoms with van der Waals surface area (Å²) in [4.78, 5) is 30.4. The number of rotatable bonds is 8. The van der Waals surface area contributed by atoms with Gasteiger partial charge in [0, 0.05) is 35.9 Å². The molecule has 1 fully saturated rings. The summed E-state index contributed by atoms with van der Waals surface area (Å²) in [6, 6.07) is 19.7. The van der Waals surface area contributed by atoms with Crippen molar-refractivity contribution in [1.29, 1.82) is 0 Å². The van der Waals surface area contributed by atoms with Crippen LogP contribution in [0.15, 0.2) is 95.1 Å². The van der Waals surface area contributed by atoms with Crippen LogP contribution in [-0.4, -0.2) is 51.2 Å². The maximum absolute atomic E-state index is 14.2. The van der Waals surface area contributed by atoms with Gasteiger partial charge in [0.1, 0.15) is 11.3 Å². The van der Waals surface area contributed by atoms with E-state index in [1.165, 1.54) is 6.39 Å². The normalized spacial score (nSPS) is 17.1. The summed E-state index contributed by atoms with van der Waals surface area (Å²) < 4.78 is 13.4. The van der Waals surface area contributed by atoms with Crippen molar-refractivity contribution in [1.82, 2.24) is 24.4 Å². The van der Waals surface area contributed by atoms with Crippen molar-refractivity contribution in [3.63, 3.8) is 0 Å². The van der Waals surface area contributed by atoms with Crippen molar-refractivity contribution in [2.24, 2.45) is 0 Å². The zero-order valence-corrected chi connectivity index (χ0v) is 24.7. The van der Waals surface area contributed by atoms with Crippen molar-refractivity contribution in [2.45, 2.75) is 31.9 Å². The first-order valence-electron chi connectivity index (χ1n) is 15.0. The Hall–Kier alpha value is -4.86. The largest absolute Gasteiger partial charge is 0.443 e. The minimum Gasteiger partial charge on any atom is -0.443 e. The lowest BCUT2D eigenvalue weighted by atomic mass is 10.00. The van der Waals surface area contributed by atoms with Gasteiger partial charge < -0.3 is 19.4 Å². The molecule has 9 heteroatoms. The first kappa shape index (κ1) is 27.9. The van der Waals surface area contributed by atoms with Gasteiger partial charge in [-0.25, -0.2) is 9.97 Å². The quantitative estimate of drug-likeness (QED) is 0.229. The fraction of sp³-hybridized carbons (Fsp3) is 0.257. The van der Waals surface area contributed by atoms with Gasteiger partial charge in [-0.2, -0.15) is 4.98 Å². The summed E-state index contributed by atoms with van der Waals surface area (Å²) in [5, 5.41) is 4.03. The Bertz CT molecular complexity index is 1910. The summed E-state index contributed by atoms with van der Waals surface area (Å²) in [6.07, 6.45) is 8.46. The van der Waals surface area contributed by atoms with E-state index in [1.807, 2.05) is 48.5 Å². The summed E-state index contributed by atoms with van der Waals surface area (Å²) in [5.74, 6) is 1.12. The van der Waals surface area contributed by atoms with Crippen LogP contribution in [0.5, 0.6) is 0 Å². The number of nitrogens with one attached hydrogen (secondary N) is 1. The minimum atomic E-state index is -0.202. The molecule has 5 aromatic rings. The van der Waals surface area contributed by atoms with E-state index in [1.54, 1.807) is 10.8 Å². The van der Waals surface area contributed by atoms with Gasteiger partial charge in [0.25, 0.3) is 5.56 Å². The number of benzene rings is 2. The molecule has 0 amide bonds. The maximum atomic E-state index is 14.2. The van der Waals surface area contributed by atoms with E-state index >= 15 is 0 Å². The molecule has 7 rings (SSSR count). The number of anilines is 2. The Morgan fingerprint density at radius 1 is 1.11 bits per heavy atom. The Labute approximate surface area is 255 Å². The SMILES string of the molecule is C=C(c1ccccc1)c1cc2cnc(Nc3ccc(C4CN(C)CCO4)cc3)nc2n(Cc2ncoc2C2=CCCC2)c1=O. The van der Waals surface area contributed by atoms with Gasteiger partial charge in [-0.05, 0) is 66.8 Å². The van der Waals surface area contributed by atoms with Crippen LogP contribution in [0, 0.1) is 0 Å². The molecule has 3 aromatic heterocycles. The second-order valence-corrected chi connectivity index (χ2v) is 11.4. The molecule has 0 bridgehead atoms. The van der Waals surface area contributed by atoms with Crippen molar-refractivity contribution < 1.29 is 9.15 Å². The predicted octanol–water partition coefficient (Wildman–Crippen LogP) is 6.20. The monoisotopic (exact) mass is 586 g/mol. The zero-order chi connectivity index (χ0) is 30.0. The van der Waals surface area contributed by atoms with Crippen molar-refractivity contribution in [3.8, 4) is 0 Å². The van der Waals surface area contributed by atoms with Crippen molar-refractivity contribution in [2.75, 3.05) is 32.1 Å². The first-order chi connectivity index (χ1) is 21.5. The van der Waals surface area contributed by atoms with Crippen LogP contribution >= 0.6 is 0 Å². The van der Waals surface area contributed by atoms with E-state index in [2.05, 4.69) is 52.0 Å². The van der Waals surface area contributed by atoms with Gasteiger partial charge in [0.2, 0.25) is 5.95 Å². The third-order valence-electron chi connectivity index (χ3n) is 8.36. The van der Waals surface area contributed by atoms with E-state index in [9.17, 15) is 4.79 Å². The highest BCUT2D eigenvalue weighted by atomic mass is 16.5. The second-order valence-electron chi connectivity index (χ2n) is 11.4. The van der Waals surface area contributed by atoms with Crippen LogP contribution < -0.4 is 10.9 Å². The number of nitrogens with zero attached hydrogens (tertiary/aromatic N) is 5. The lowest BCUT2D eigenvalue weighted by Gasteiger charge is -2.30. The number of pyridine rings is 1. The lowest BCUT2D eigenvalue weighted by molar-refractivity contribution is -0.0208. The number of hydrogen-bond acceptors (Lipinski definition) is 8. The van der Waals surface area contributed by atoms with E-state index in [-0.39, 0.29) is 18.2 Å². The highest BCUT2D eigenvalue weighted by Gasteiger charge is 2.22. The molecular formula is C35H34N6O3. The third kappa shape index (κ3) is 5.59. The summed E-state index contributed by atoms with van der Waals surface area (Å²) in [5.41, 5.74) is 6.10. The molecule has 0 spiro atoms. The average Bonchev–Trinajstić information content (AvgIpc) is 3.75. The Balaban J connectivity index is 1.25. The van der Waals surface area contributed by atoms with E-state index in [0.717, 1.165) is 72.5 Å². The molecule has 1 unspecified atom stereocenters. The van der Waals surface area contributed by atoms with Crippen LogP contribution in [0.4, 0.5) is 11.6 Å². The molecule has 2 aliphatic rings. The van der Waals surface area contributed by atoms with Crippen LogP contribution in [0.25, 0.3) is 22.2 Å². The van der Waals surface area contributed by atoms with Crippen molar-refractivity contribution >= 4 is 33.8 Å². The second kappa shape index (κ2) is 12.0. The smallest absolute Gasteiger partial charge is 0.260 e. The molecule has 9 nitrogen and oxygen atoms in total. The molecule has 1 N–H and O–H groups in total. The fourth-order valence-corrected chi connectivity index (χ4v) is 5.94. The van der Waals surface area contributed by atoms with Gasteiger partial charge in [0.05, 0.1) is 19.3 Å². The molecule has 4 heterocycles. The van der Waals surface area contributed by atoms with E-state index in [4.69, 9.17) is 14.1 Å². The standard InChI is InChI=1S/C35H34N6O3/c1-23(24-8-4-3-5-9-24)29-18-27-19-36-35(38-28-14-12-25(13-15-28)31-21-40(2)16-17-43-31)39-33(27)41(34(29)42)20-30-32(44-22-37-30)26-10-6-7-11-26/h3-5,8-10,12-15,18-19,22,31H,1,6-7,11,16-17,20-21H2,2H3,(H,36,38,39). The van der Waals surface area contributed by atoms with E-state index in [0.29, 0.717) is 28.4 Å². The Morgan fingerprint density at radius 3 is 2.73 bits per heavy atom. The summed E-state index contributed by atoms with van der Waals surface area (Å²) in [7, 11) is 2.11. The summed E-state index contributed by atoms with van der Waals surface area (Å²) in [6.45, 7) is 7.01. The highest BCUT2D eigenvalue weighted by Crippen LogP contribution is 2.31. The molecule has 1 atom stereocenters. The predicted molar refractivity (Wildman–Crippen MR) is 172 cm³/mol. The molecule has 1 aliphatic carbocycles. The topological polar surface area (TPSA) is 98.3 Å². The van der Waals surface area contributed by atoms with E-state index < -0.39 is 0 Å². The van der Waals surface area contributed by atoms with Crippen LogP contribution in [0.3, 0.4) is 0 Å². The molecule has 2 aromatic carbocycles. The Kier molecular flexibility index (Phi) is 7.64. The number of morpholine rings is 1. The molecule has 0 radical (unpaired) electrons. The van der Waals surface area contributed by atoms with Gasteiger partial charge in [0.15, 0.2) is 12.2 Å². The van der Waals surface area contributed by atoms with Crippen LogP contribution in [0.1, 0.15) is 53.5 Å². The van der Waals surface area contributed by atoms with Crippen LogP contribution in [-0.2, 0) is 11.3 Å². The molecule has 44 heavy (non-hydrogen) atoms. The van der Waals surface area contributed by atoms with Gasteiger partial charge in [-0.15, -0.1) is 0 Å². The first-order valence-corrected chi connectivity index (χ1v) is 15.0. The number of likely N-dealkylation sites (N-methyl/N-ethyl adjacent to an activating group) is 1. The Morgan fingerprint density at radius 2 is 1.95 bits per heavy atom. The lowest BCUT2D eigenvalue weighted by Crippen LogP contribution is -2.35. The maximum Gasteiger partial charge on any atom is 0.260 e. The molecule has 222 valence electrons. The number of oxazole rings is 1.